The summed E-state index contributed by atoms with van der Waals surface area (Å²) in [7, 11) is 0. The molecule has 0 aliphatic rings. The Morgan fingerprint density at radius 2 is 1.82 bits per heavy atom. The van der Waals surface area contributed by atoms with Crippen LogP contribution in [0, 0.1) is 0 Å². The maximum atomic E-state index is 11.7. The van der Waals surface area contributed by atoms with Crippen LogP contribution in [-0.4, -0.2) is 15.9 Å². The Hall–Kier alpha value is -1.75. The van der Waals surface area contributed by atoms with E-state index in [2.05, 4.69) is 31.2 Å². The molecule has 1 amide bonds. The topological polar surface area (TPSA) is 54.9 Å². The van der Waals surface area contributed by atoms with Crippen molar-refractivity contribution in [2.45, 2.75) is 6.54 Å². The number of hydrogen-bond acceptors (Lipinski definition) is 3. The first-order valence-corrected chi connectivity index (χ1v) is 5.82. The molecule has 0 spiro atoms. The summed E-state index contributed by atoms with van der Waals surface area (Å²) in [6.45, 7) is 0.487. The second kappa shape index (κ2) is 5.54. The number of benzene rings is 1. The van der Waals surface area contributed by atoms with Crippen LogP contribution >= 0.6 is 15.9 Å². The van der Waals surface area contributed by atoms with E-state index in [1.54, 1.807) is 0 Å². The zero-order chi connectivity index (χ0) is 12.1. The molecule has 5 heteroatoms. The number of nitrogens with zero attached hydrogens (tertiary/aromatic N) is 2. The highest BCUT2D eigenvalue weighted by Crippen LogP contribution is 2.10. The van der Waals surface area contributed by atoms with E-state index in [4.69, 9.17) is 0 Å². The van der Waals surface area contributed by atoms with Crippen LogP contribution in [0.3, 0.4) is 0 Å². The van der Waals surface area contributed by atoms with E-state index in [9.17, 15) is 4.79 Å². The summed E-state index contributed by atoms with van der Waals surface area (Å²) in [5.41, 5.74) is 1.50. The van der Waals surface area contributed by atoms with Crippen LogP contribution < -0.4 is 5.32 Å². The summed E-state index contributed by atoms with van der Waals surface area (Å²) in [6.07, 6.45) is 4.37. The fourth-order valence-corrected chi connectivity index (χ4v) is 1.57. The Kier molecular flexibility index (Phi) is 3.82. The van der Waals surface area contributed by atoms with Crippen molar-refractivity contribution in [1.82, 2.24) is 15.3 Å². The molecular weight excluding hydrogens is 282 g/mol. The molecule has 1 aromatic heterocycles. The van der Waals surface area contributed by atoms with Crippen LogP contribution in [0.15, 0.2) is 47.5 Å². The highest BCUT2D eigenvalue weighted by molar-refractivity contribution is 9.10. The van der Waals surface area contributed by atoms with Gasteiger partial charge < -0.3 is 5.32 Å². The van der Waals surface area contributed by atoms with E-state index in [0.717, 1.165) is 10.0 Å². The molecule has 0 radical (unpaired) electrons. The van der Waals surface area contributed by atoms with Gasteiger partial charge in [-0.3, -0.25) is 4.79 Å². The molecule has 1 N–H and O–H groups in total. The molecule has 17 heavy (non-hydrogen) atoms. The Labute approximate surface area is 107 Å². The molecule has 86 valence electrons. The van der Waals surface area contributed by atoms with Gasteiger partial charge in [-0.1, -0.05) is 28.1 Å². The van der Waals surface area contributed by atoms with E-state index in [1.165, 1.54) is 18.7 Å². The zero-order valence-corrected chi connectivity index (χ0v) is 10.5. The summed E-state index contributed by atoms with van der Waals surface area (Å²) in [6, 6.07) is 7.78. The van der Waals surface area contributed by atoms with E-state index in [0.29, 0.717) is 12.1 Å². The third kappa shape index (κ3) is 3.35. The Morgan fingerprint density at radius 1 is 1.18 bits per heavy atom. The first-order valence-electron chi connectivity index (χ1n) is 5.03. The molecule has 2 aromatic rings. The molecule has 0 saturated heterocycles. The number of aromatic nitrogens is 2. The summed E-state index contributed by atoms with van der Waals surface area (Å²) in [5, 5.41) is 2.80. The lowest BCUT2D eigenvalue weighted by atomic mass is 10.2. The standard InChI is InChI=1S/C12H10BrN3O/c13-11-3-1-9(2-4-11)5-16-12(17)10-6-14-8-15-7-10/h1-4,6-8H,5H2,(H,16,17). The van der Waals surface area contributed by atoms with Crippen LogP contribution in [0.5, 0.6) is 0 Å². The minimum absolute atomic E-state index is 0.173. The average molecular weight is 292 g/mol. The summed E-state index contributed by atoms with van der Waals surface area (Å²) in [4.78, 5) is 19.3. The smallest absolute Gasteiger partial charge is 0.254 e. The number of rotatable bonds is 3. The predicted molar refractivity (Wildman–Crippen MR) is 67.3 cm³/mol. The molecule has 0 bridgehead atoms. The fraction of sp³-hybridized carbons (Fsp3) is 0.0833. The number of nitrogens with one attached hydrogen (secondary N) is 1. The van der Waals surface area contributed by atoms with Crippen molar-refractivity contribution in [3.63, 3.8) is 0 Å². The molecule has 4 nitrogen and oxygen atoms in total. The van der Waals surface area contributed by atoms with Gasteiger partial charge in [-0.25, -0.2) is 9.97 Å². The van der Waals surface area contributed by atoms with Crippen molar-refractivity contribution in [3.8, 4) is 0 Å². The Bertz CT molecular complexity index is 499. The van der Waals surface area contributed by atoms with Gasteiger partial charge in [0.15, 0.2) is 0 Å². The van der Waals surface area contributed by atoms with Crippen molar-refractivity contribution in [3.05, 3.63) is 58.6 Å². The van der Waals surface area contributed by atoms with E-state index >= 15 is 0 Å². The molecule has 1 aromatic carbocycles. The number of halogens is 1. The lowest BCUT2D eigenvalue weighted by Gasteiger charge is -2.04. The second-order valence-electron chi connectivity index (χ2n) is 3.44. The van der Waals surface area contributed by atoms with Crippen molar-refractivity contribution < 1.29 is 4.79 Å². The lowest BCUT2D eigenvalue weighted by molar-refractivity contribution is 0.0950. The number of carbonyl (C=O) groups excluding carboxylic acids is 1. The number of carbonyl (C=O) groups is 1. The fourth-order valence-electron chi connectivity index (χ4n) is 1.30. The van der Waals surface area contributed by atoms with Crippen LogP contribution in [0.2, 0.25) is 0 Å². The monoisotopic (exact) mass is 291 g/mol. The molecule has 0 aliphatic carbocycles. The normalized spacial score (nSPS) is 9.94. The lowest BCUT2D eigenvalue weighted by Crippen LogP contribution is -2.22. The maximum absolute atomic E-state index is 11.7. The number of amides is 1. The summed E-state index contributed by atoms with van der Waals surface area (Å²) < 4.78 is 1.02. The van der Waals surface area contributed by atoms with Crippen molar-refractivity contribution in [2.24, 2.45) is 0 Å². The second-order valence-corrected chi connectivity index (χ2v) is 4.35. The van der Waals surface area contributed by atoms with Crippen LogP contribution in [0.4, 0.5) is 0 Å². The molecule has 0 unspecified atom stereocenters. The van der Waals surface area contributed by atoms with Gasteiger partial charge in [-0.05, 0) is 17.7 Å². The van der Waals surface area contributed by atoms with E-state index in [1.807, 2.05) is 24.3 Å². The maximum Gasteiger partial charge on any atom is 0.254 e. The Balaban J connectivity index is 1.95. The van der Waals surface area contributed by atoms with E-state index < -0.39 is 0 Å². The Morgan fingerprint density at radius 3 is 2.47 bits per heavy atom. The van der Waals surface area contributed by atoms with Crippen LogP contribution in [0.1, 0.15) is 15.9 Å². The molecule has 0 fully saturated rings. The summed E-state index contributed by atoms with van der Waals surface area (Å²) in [5.74, 6) is -0.173. The summed E-state index contributed by atoms with van der Waals surface area (Å²) >= 11 is 3.36. The van der Waals surface area contributed by atoms with Gasteiger partial charge in [0.2, 0.25) is 0 Å². The van der Waals surface area contributed by atoms with Gasteiger partial charge in [0.1, 0.15) is 6.33 Å². The third-order valence-corrected chi connectivity index (χ3v) is 2.72. The van der Waals surface area contributed by atoms with Gasteiger partial charge in [0.05, 0.1) is 5.56 Å². The minimum atomic E-state index is -0.173. The molecule has 0 aliphatic heterocycles. The van der Waals surface area contributed by atoms with Crippen molar-refractivity contribution in [1.29, 1.82) is 0 Å². The van der Waals surface area contributed by atoms with Gasteiger partial charge in [0.25, 0.3) is 5.91 Å². The highest BCUT2D eigenvalue weighted by Gasteiger charge is 2.04. The quantitative estimate of drug-likeness (QED) is 0.943. The zero-order valence-electron chi connectivity index (χ0n) is 8.93. The van der Waals surface area contributed by atoms with Gasteiger partial charge in [0, 0.05) is 23.4 Å². The highest BCUT2D eigenvalue weighted by atomic mass is 79.9. The molecule has 1 heterocycles. The predicted octanol–water partition coefficient (Wildman–Crippen LogP) is 2.17. The van der Waals surface area contributed by atoms with Crippen LogP contribution in [0.25, 0.3) is 0 Å². The SMILES string of the molecule is O=C(NCc1ccc(Br)cc1)c1cncnc1. The molecular formula is C12H10BrN3O. The first-order chi connectivity index (χ1) is 8.25. The first kappa shape index (κ1) is 11.7. The molecule has 0 atom stereocenters. The van der Waals surface area contributed by atoms with Gasteiger partial charge in [-0.15, -0.1) is 0 Å². The third-order valence-electron chi connectivity index (χ3n) is 2.19. The van der Waals surface area contributed by atoms with Crippen LogP contribution in [-0.2, 0) is 6.54 Å². The molecule has 2 rings (SSSR count). The average Bonchev–Trinajstić information content (AvgIpc) is 2.39. The van der Waals surface area contributed by atoms with E-state index in [-0.39, 0.29) is 5.91 Å². The number of hydrogen-bond donors (Lipinski definition) is 1. The largest absolute Gasteiger partial charge is 0.348 e. The minimum Gasteiger partial charge on any atom is -0.348 e. The molecule has 0 saturated carbocycles. The van der Waals surface area contributed by atoms with Crippen molar-refractivity contribution in [2.75, 3.05) is 0 Å². The van der Waals surface area contributed by atoms with Crippen molar-refractivity contribution >= 4 is 21.8 Å². The van der Waals surface area contributed by atoms with Gasteiger partial charge in [-0.2, -0.15) is 0 Å². The van der Waals surface area contributed by atoms with Gasteiger partial charge >= 0.3 is 0 Å².